The van der Waals surface area contributed by atoms with E-state index in [1.165, 1.54) is 32.3 Å². The van der Waals surface area contributed by atoms with E-state index in [4.69, 9.17) is 5.11 Å². The van der Waals surface area contributed by atoms with Gasteiger partial charge in [0, 0.05) is 20.1 Å². The van der Waals surface area contributed by atoms with Crippen molar-refractivity contribution in [3.05, 3.63) is 0 Å². The minimum absolute atomic E-state index is 0.169. The molecule has 0 aliphatic carbocycles. The van der Waals surface area contributed by atoms with Crippen LogP contribution in [0.2, 0.25) is 0 Å². The van der Waals surface area contributed by atoms with Crippen LogP contribution < -0.4 is 0 Å². The standard InChI is InChI=1S/C12H22N2O6S/c1-12(2,11(16)17)13(3)21(18,19)14-7-5-9(6-8-14)10(15)20-4/h9H,5-8H2,1-4H3,(H,16,17). The molecule has 122 valence electrons. The first kappa shape index (κ1) is 17.9. The second-order valence-electron chi connectivity index (χ2n) is 5.54. The number of carboxylic acids is 1. The molecule has 21 heavy (non-hydrogen) atoms. The molecule has 1 N–H and O–H groups in total. The Morgan fingerprint density at radius 2 is 1.76 bits per heavy atom. The quantitative estimate of drug-likeness (QED) is 0.710. The second-order valence-corrected chi connectivity index (χ2v) is 7.50. The molecule has 1 rings (SSSR count). The van der Waals surface area contributed by atoms with Gasteiger partial charge in [-0.25, -0.2) is 0 Å². The molecular formula is C12H22N2O6S. The number of esters is 1. The molecule has 0 aromatic rings. The summed E-state index contributed by atoms with van der Waals surface area (Å²) in [7, 11) is -1.34. The number of carbonyl (C=O) groups is 2. The van der Waals surface area contributed by atoms with Gasteiger partial charge in [-0.3, -0.25) is 9.59 Å². The van der Waals surface area contributed by atoms with Gasteiger partial charge in [0.2, 0.25) is 0 Å². The second kappa shape index (κ2) is 6.29. The van der Waals surface area contributed by atoms with E-state index in [2.05, 4.69) is 4.74 Å². The number of piperidine rings is 1. The number of carboxylic acid groups (broad SMARTS) is 1. The van der Waals surface area contributed by atoms with Crippen molar-refractivity contribution in [1.82, 2.24) is 8.61 Å². The summed E-state index contributed by atoms with van der Waals surface area (Å²) in [5.41, 5.74) is -1.54. The van der Waals surface area contributed by atoms with E-state index in [0.717, 1.165) is 4.31 Å². The maximum absolute atomic E-state index is 12.5. The van der Waals surface area contributed by atoms with Gasteiger partial charge in [-0.15, -0.1) is 0 Å². The van der Waals surface area contributed by atoms with Crippen LogP contribution >= 0.6 is 0 Å². The van der Waals surface area contributed by atoms with Crippen molar-refractivity contribution in [2.75, 3.05) is 27.2 Å². The molecule has 1 aliphatic heterocycles. The Kier molecular flexibility index (Phi) is 5.35. The van der Waals surface area contributed by atoms with Gasteiger partial charge in [0.05, 0.1) is 13.0 Å². The number of hydrogen-bond acceptors (Lipinski definition) is 5. The summed E-state index contributed by atoms with van der Waals surface area (Å²) >= 11 is 0. The normalized spacial score (nSPS) is 18.7. The highest BCUT2D eigenvalue weighted by Crippen LogP contribution is 2.25. The SMILES string of the molecule is COC(=O)C1CCN(S(=O)(=O)N(C)C(C)(C)C(=O)O)CC1. The van der Waals surface area contributed by atoms with E-state index < -0.39 is 21.7 Å². The summed E-state index contributed by atoms with van der Waals surface area (Å²) in [4.78, 5) is 22.6. The number of carbonyl (C=O) groups excluding carboxylic acids is 1. The fourth-order valence-corrected chi connectivity index (χ4v) is 3.76. The molecule has 0 saturated carbocycles. The number of likely N-dealkylation sites (N-methyl/N-ethyl adjacent to an activating group) is 1. The van der Waals surface area contributed by atoms with Gasteiger partial charge in [0.15, 0.2) is 0 Å². The number of methoxy groups -OCH3 is 1. The predicted molar refractivity (Wildman–Crippen MR) is 74.7 cm³/mol. The first-order valence-electron chi connectivity index (χ1n) is 6.60. The molecule has 0 spiro atoms. The summed E-state index contributed by atoms with van der Waals surface area (Å²) in [6.07, 6.45) is 0.737. The van der Waals surface area contributed by atoms with Crippen LogP contribution in [0, 0.1) is 5.92 Å². The highest BCUT2D eigenvalue weighted by Gasteiger charge is 2.43. The molecule has 0 aromatic heterocycles. The highest BCUT2D eigenvalue weighted by molar-refractivity contribution is 7.86. The molecule has 9 heteroatoms. The predicted octanol–water partition coefficient (Wildman–Crippen LogP) is -0.0888. The van der Waals surface area contributed by atoms with Crippen molar-refractivity contribution in [3.8, 4) is 0 Å². The fraction of sp³-hybridized carbons (Fsp3) is 0.833. The van der Waals surface area contributed by atoms with Crippen molar-refractivity contribution in [2.45, 2.75) is 32.2 Å². The third-order valence-electron chi connectivity index (χ3n) is 3.97. The molecule has 1 heterocycles. The van der Waals surface area contributed by atoms with Crippen LogP contribution in [-0.4, -0.2) is 66.9 Å². The van der Waals surface area contributed by atoms with E-state index in [9.17, 15) is 18.0 Å². The molecule has 1 fully saturated rings. The Morgan fingerprint density at radius 3 is 2.14 bits per heavy atom. The first-order valence-corrected chi connectivity index (χ1v) is 8.00. The van der Waals surface area contributed by atoms with Crippen LogP contribution in [0.1, 0.15) is 26.7 Å². The summed E-state index contributed by atoms with van der Waals surface area (Å²) in [6, 6.07) is 0. The molecule has 1 aliphatic rings. The smallest absolute Gasteiger partial charge is 0.324 e. The lowest BCUT2D eigenvalue weighted by Crippen LogP contribution is -2.56. The zero-order chi connectivity index (χ0) is 16.4. The van der Waals surface area contributed by atoms with Crippen LogP contribution in [0.5, 0.6) is 0 Å². The largest absolute Gasteiger partial charge is 0.480 e. The first-order chi connectivity index (χ1) is 9.55. The maximum atomic E-state index is 12.5. The van der Waals surface area contributed by atoms with Gasteiger partial charge in [-0.2, -0.15) is 17.0 Å². The Hall–Kier alpha value is -1.19. The number of aliphatic carboxylic acids is 1. The van der Waals surface area contributed by atoms with E-state index in [1.54, 1.807) is 0 Å². The average molecular weight is 322 g/mol. The Labute approximate surface area is 124 Å². The highest BCUT2D eigenvalue weighted by atomic mass is 32.2. The fourth-order valence-electron chi connectivity index (χ4n) is 2.09. The van der Waals surface area contributed by atoms with Crippen molar-refractivity contribution in [1.29, 1.82) is 0 Å². The van der Waals surface area contributed by atoms with E-state index in [1.807, 2.05) is 0 Å². The minimum atomic E-state index is -3.89. The third kappa shape index (κ3) is 3.53. The van der Waals surface area contributed by atoms with Crippen LogP contribution in [0.3, 0.4) is 0 Å². The molecule has 0 bridgehead atoms. The summed E-state index contributed by atoms with van der Waals surface area (Å²) in [5, 5.41) is 9.13. The lowest BCUT2D eigenvalue weighted by atomic mass is 9.99. The van der Waals surface area contributed by atoms with Crippen molar-refractivity contribution >= 4 is 22.1 Å². The van der Waals surface area contributed by atoms with Gasteiger partial charge in [0.25, 0.3) is 10.2 Å². The van der Waals surface area contributed by atoms with Crippen LogP contribution in [-0.2, 0) is 24.5 Å². The van der Waals surface area contributed by atoms with Crippen LogP contribution in [0.25, 0.3) is 0 Å². The van der Waals surface area contributed by atoms with Crippen molar-refractivity contribution < 1.29 is 27.9 Å². The number of rotatable bonds is 5. The molecule has 8 nitrogen and oxygen atoms in total. The lowest BCUT2D eigenvalue weighted by Gasteiger charge is -2.37. The maximum Gasteiger partial charge on any atom is 0.324 e. The Morgan fingerprint density at radius 1 is 1.29 bits per heavy atom. The zero-order valence-corrected chi connectivity index (χ0v) is 13.5. The third-order valence-corrected chi connectivity index (χ3v) is 6.14. The summed E-state index contributed by atoms with van der Waals surface area (Å²) < 4.78 is 31.6. The monoisotopic (exact) mass is 322 g/mol. The Bertz CT molecular complexity index is 508. The van der Waals surface area contributed by atoms with Gasteiger partial charge < -0.3 is 9.84 Å². The number of ether oxygens (including phenoxy) is 1. The van der Waals surface area contributed by atoms with Crippen molar-refractivity contribution in [3.63, 3.8) is 0 Å². The molecule has 0 amide bonds. The molecule has 0 radical (unpaired) electrons. The summed E-state index contributed by atoms with van der Waals surface area (Å²) in [6.45, 7) is 2.99. The molecule has 0 atom stereocenters. The van der Waals surface area contributed by atoms with Gasteiger partial charge in [-0.1, -0.05) is 0 Å². The van der Waals surface area contributed by atoms with E-state index >= 15 is 0 Å². The topological polar surface area (TPSA) is 104 Å². The zero-order valence-electron chi connectivity index (χ0n) is 12.7. The molecular weight excluding hydrogens is 300 g/mol. The Balaban J connectivity index is 2.82. The molecule has 0 aromatic carbocycles. The average Bonchev–Trinajstić information content (AvgIpc) is 2.45. The van der Waals surface area contributed by atoms with Gasteiger partial charge >= 0.3 is 11.9 Å². The van der Waals surface area contributed by atoms with Crippen LogP contribution in [0.4, 0.5) is 0 Å². The number of hydrogen-bond donors (Lipinski definition) is 1. The molecule has 1 saturated heterocycles. The number of nitrogens with zero attached hydrogens (tertiary/aromatic N) is 2. The molecule has 0 unspecified atom stereocenters. The van der Waals surface area contributed by atoms with E-state index in [-0.39, 0.29) is 25.0 Å². The summed E-state index contributed by atoms with van der Waals surface area (Å²) in [5.74, 6) is -1.87. The van der Waals surface area contributed by atoms with E-state index in [0.29, 0.717) is 12.8 Å². The van der Waals surface area contributed by atoms with Crippen molar-refractivity contribution in [2.24, 2.45) is 5.92 Å². The van der Waals surface area contributed by atoms with Gasteiger partial charge in [-0.05, 0) is 26.7 Å². The van der Waals surface area contributed by atoms with Crippen LogP contribution in [0.15, 0.2) is 0 Å². The lowest BCUT2D eigenvalue weighted by molar-refractivity contribution is -0.146. The van der Waals surface area contributed by atoms with Gasteiger partial charge in [0.1, 0.15) is 5.54 Å². The minimum Gasteiger partial charge on any atom is -0.480 e.